The molecule has 1 atom stereocenters. The van der Waals surface area contributed by atoms with Crippen LogP contribution in [-0.2, 0) is 14.3 Å². The van der Waals surface area contributed by atoms with Gasteiger partial charge in [0.05, 0.1) is 27.6 Å². The first-order valence-electron chi connectivity index (χ1n) is 8.97. The molecule has 0 saturated heterocycles. The first kappa shape index (κ1) is 23.1. The lowest BCUT2D eigenvalue weighted by molar-refractivity contribution is -0.873. The van der Waals surface area contributed by atoms with Gasteiger partial charge < -0.3 is 14.3 Å². The molecule has 0 aromatic heterocycles. The van der Waals surface area contributed by atoms with Crippen molar-refractivity contribution in [3.63, 3.8) is 0 Å². The van der Waals surface area contributed by atoms with Crippen LogP contribution in [0.3, 0.4) is 0 Å². The van der Waals surface area contributed by atoms with Crippen molar-refractivity contribution >= 4 is 11.9 Å². The molecule has 1 unspecified atom stereocenters. The van der Waals surface area contributed by atoms with Gasteiger partial charge >= 0.3 is 11.9 Å². The maximum Gasteiger partial charge on any atom is 0.331 e. The number of hydrogen-bond acceptors (Lipinski definition) is 3. The van der Waals surface area contributed by atoms with Gasteiger partial charge in [0.15, 0.2) is 6.10 Å². The average molecular weight is 352 g/mol. The molecule has 0 fully saturated rings. The highest BCUT2D eigenvalue weighted by atomic mass is 16.5. The van der Waals surface area contributed by atoms with Crippen molar-refractivity contribution < 1.29 is 23.9 Å². The number of quaternary nitrogens is 1. The van der Waals surface area contributed by atoms with E-state index in [0.29, 0.717) is 11.0 Å². The Labute approximate surface area is 152 Å². The Morgan fingerprint density at radius 2 is 1.72 bits per heavy atom. The summed E-state index contributed by atoms with van der Waals surface area (Å²) in [6, 6.07) is 0. The van der Waals surface area contributed by atoms with Gasteiger partial charge in [0, 0.05) is 6.08 Å². The summed E-state index contributed by atoms with van der Waals surface area (Å²) in [6.45, 7) is 2.64. The Kier molecular flexibility index (Phi) is 12.4. The summed E-state index contributed by atoms with van der Waals surface area (Å²) < 4.78 is 5.77. The first-order valence-corrected chi connectivity index (χ1v) is 8.97. The number of esters is 1. The summed E-state index contributed by atoms with van der Waals surface area (Å²) in [5.41, 5.74) is 0. The lowest BCUT2D eigenvalue weighted by Crippen LogP contribution is -2.43. The minimum atomic E-state index is -0.973. The number of hydrogen-bond donors (Lipinski definition) is 1. The molecule has 0 aromatic carbocycles. The van der Waals surface area contributed by atoms with Crippen molar-refractivity contribution in [2.75, 3.05) is 27.7 Å². The number of allylic oxidation sites excluding steroid dienone is 5. The van der Waals surface area contributed by atoms with Crippen LogP contribution in [0.15, 0.2) is 36.5 Å². The zero-order valence-corrected chi connectivity index (χ0v) is 16.1. The third-order valence-electron chi connectivity index (χ3n) is 3.36. The van der Waals surface area contributed by atoms with E-state index in [9.17, 15) is 9.59 Å². The number of nitrogens with zero attached hydrogens (tertiary/aromatic N) is 1. The number of unbranched alkanes of at least 4 members (excludes halogenated alkanes) is 4. The summed E-state index contributed by atoms with van der Waals surface area (Å²) >= 11 is 0. The van der Waals surface area contributed by atoms with Gasteiger partial charge in [-0.2, -0.15) is 0 Å². The van der Waals surface area contributed by atoms with Crippen LogP contribution in [0.4, 0.5) is 0 Å². The molecule has 25 heavy (non-hydrogen) atoms. The summed E-state index contributed by atoms with van der Waals surface area (Å²) in [4.78, 5) is 22.7. The monoisotopic (exact) mass is 352 g/mol. The lowest BCUT2D eigenvalue weighted by Gasteiger charge is -2.28. The number of aliphatic carboxylic acids is 1. The van der Waals surface area contributed by atoms with Gasteiger partial charge in [-0.25, -0.2) is 4.79 Å². The Hall–Kier alpha value is -1.88. The standard InChI is InChI=1S/C20H33NO4/c1-5-6-7-8-9-10-11-12-13-14-15-20(24)25-18(16-19(22)23)17-21(2,3)4/h10-15,18H,5-9,16-17H2,1-4H3/p+1/b11-10+,13-12+,15-14+. The van der Waals surface area contributed by atoms with E-state index in [1.54, 1.807) is 12.2 Å². The fourth-order valence-electron chi connectivity index (χ4n) is 2.28. The number of likely N-dealkylation sites (N-methyl/N-ethyl adjacent to an activating group) is 1. The molecule has 0 spiro atoms. The number of rotatable bonds is 13. The normalized spacial score (nSPS) is 13.8. The van der Waals surface area contributed by atoms with Crippen LogP contribution in [0.25, 0.3) is 0 Å². The van der Waals surface area contributed by atoms with Gasteiger partial charge in [-0.05, 0) is 12.8 Å². The van der Waals surface area contributed by atoms with E-state index in [4.69, 9.17) is 9.84 Å². The van der Waals surface area contributed by atoms with E-state index in [0.717, 1.165) is 6.42 Å². The molecule has 142 valence electrons. The molecule has 0 bridgehead atoms. The van der Waals surface area contributed by atoms with Crippen LogP contribution in [-0.4, -0.2) is 55.3 Å². The highest BCUT2D eigenvalue weighted by Crippen LogP contribution is 2.06. The zero-order valence-electron chi connectivity index (χ0n) is 16.1. The van der Waals surface area contributed by atoms with Gasteiger partial charge in [0.25, 0.3) is 0 Å². The van der Waals surface area contributed by atoms with Crippen LogP contribution in [0.2, 0.25) is 0 Å². The molecule has 0 radical (unpaired) electrons. The predicted molar refractivity (Wildman–Crippen MR) is 101 cm³/mol. The van der Waals surface area contributed by atoms with Crippen LogP contribution >= 0.6 is 0 Å². The average Bonchev–Trinajstić information content (AvgIpc) is 2.46. The summed E-state index contributed by atoms with van der Waals surface area (Å²) in [7, 11) is 5.78. The van der Waals surface area contributed by atoms with E-state index in [2.05, 4.69) is 13.0 Å². The molecule has 5 nitrogen and oxygen atoms in total. The molecule has 5 heteroatoms. The van der Waals surface area contributed by atoms with Gasteiger partial charge in [0.1, 0.15) is 6.54 Å². The largest absolute Gasteiger partial charge is 0.481 e. The molecular weight excluding hydrogens is 318 g/mol. The van der Waals surface area contributed by atoms with Crippen LogP contribution in [0.5, 0.6) is 0 Å². The Morgan fingerprint density at radius 3 is 2.32 bits per heavy atom. The SMILES string of the molecule is CCCCCC/C=C/C=C/C=C/C(=O)OC(CC(=O)O)C[N+](C)(C)C. The highest BCUT2D eigenvalue weighted by Gasteiger charge is 2.23. The van der Waals surface area contributed by atoms with Gasteiger partial charge in [-0.1, -0.05) is 56.6 Å². The minimum absolute atomic E-state index is 0.189. The van der Waals surface area contributed by atoms with Crippen LogP contribution < -0.4 is 0 Å². The Morgan fingerprint density at radius 1 is 1.04 bits per heavy atom. The van der Waals surface area contributed by atoms with Gasteiger partial charge in [-0.15, -0.1) is 0 Å². The maximum atomic E-state index is 11.8. The van der Waals surface area contributed by atoms with E-state index < -0.39 is 18.0 Å². The predicted octanol–water partition coefficient (Wildman–Crippen LogP) is 3.72. The second kappa shape index (κ2) is 13.4. The number of ether oxygens (including phenoxy) is 1. The molecule has 0 aliphatic carbocycles. The molecular formula is C20H34NO4+. The molecule has 0 heterocycles. The fourth-order valence-corrected chi connectivity index (χ4v) is 2.28. The van der Waals surface area contributed by atoms with E-state index in [-0.39, 0.29) is 6.42 Å². The Bertz CT molecular complexity index is 473. The summed E-state index contributed by atoms with van der Waals surface area (Å²) in [6.07, 6.45) is 15.9. The third kappa shape index (κ3) is 16.8. The van der Waals surface area contributed by atoms with Crippen molar-refractivity contribution in [1.82, 2.24) is 0 Å². The number of carboxylic acid groups (broad SMARTS) is 1. The van der Waals surface area contributed by atoms with E-state index in [1.165, 1.54) is 31.8 Å². The molecule has 0 rings (SSSR count). The van der Waals surface area contributed by atoms with Gasteiger partial charge in [0.2, 0.25) is 0 Å². The topological polar surface area (TPSA) is 63.6 Å². The Balaban J connectivity index is 4.22. The number of carbonyl (C=O) groups is 2. The highest BCUT2D eigenvalue weighted by molar-refractivity contribution is 5.82. The summed E-state index contributed by atoms with van der Waals surface area (Å²) in [5.74, 6) is -1.49. The van der Waals surface area contributed by atoms with Crippen LogP contribution in [0.1, 0.15) is 45.4 Å². The lowest BCUT2D eigenvalue weighted by atomic mass is 10.1. The van der Waals surface area contributed by atoms with Crippen molar-refractivity contribution in [1.29, 1.82) is 0 Å². The molecule has 0 saturated carbocycles. The van der Waals surface area contributed by atoms with Crippen molar-refractivity contribution in [3.8, 4) is 0 Å². The van der Waals surface area contributed by atoms with Gasteiger partial charge in [-0.3, -0.25) is 4.79 Å². The molecule has 0 aliphatic heterocycles. The smallest absolute Gasteiger partial charge is 0.331 e. The number of carbonyl (C=O) groups excluding carboxylic acids is 1. The molecule has 0 amide bonds. The van der Waals surface area contributed by atoms with Crippen molar-refractivity contribution in [2.24, 2.45) is 0 Å². The van der Waals surface area contributed by atoms with E-state index >= 15 is 0 Å². The minimum Gasteiger partial charge on any atom is -0.481 e. The third-order valence-corrected chi connectivity index (χ3v) is 3.36. The summed E-state index contributed by atoms with van der Waals surface area (Å²) in [5, 5.41) is 8.92. The maximum absolute atomic E-state index is 11.8. The van der Waals surface area contributed by atoms with Crippen LogP contribution in [0, 0.1) is 0 Å². The quantitative estimate of drug-likeness (QED) is 0.180. The van der Waals surface area contributed by atoms with E-state index in [1.807, 2.05) is 33.3 Å². The molecule has 0 aliphatic rings. The molecule has 0 aromatic rings. The van der Waals surface area contributed by atoms with Crippen molar-refractivity contribution in [2.45, 2.75) is 51.6 Å². The second-order valence-corrected chi connectivity index (χ2v) is 7.15. The fraction of sp³-hybridized carbons (Fsp3) is 0.600. The first-order chi connectivity index (χ1) is 11.7. The zero-order chi connectivity index (χ0) is 19.1. The molecule has 1 N–H and O–H groups in total. The number of carboxylic acids is 1. The second-order valence-electron chi connectivity index (χ2n) is 7.15. The van der Waals surface area contributed by atoms with Crippen molar-refractivity contribution in [3.05, 3.63) is 36.5 Å².